The molecule has 2 aromatic carbocycles. The van der Waals surface area contributed by atoms with Crippen molar-refractivity contribution in [3.8, 4) is 5.82 Å². The molecule has 1 atom stereocenters. The van der Waals surface area contributed by atoms with Crippen LogP contribution in [-0.2, 0) is 9.59 Å². The molecular weight excluding hydrogens is 418 g/mol. The summed E-state index contributed by atoms with van der Waals surface area (Å²) in [4.78, 5) is 39.3. The highest BCUT2D eigenvalue weighted by molar-refractivity contribution is 6.03. The molecule has 9 nitrogen and oxygen atoms in total. The van der Waals surface area contributed by atoms with Crippen LogP contribution in [0.1, 0.15) is 6.42 Å². The predicted octanol–water partition coefficient (Wildman–Crippen LogP) is 3.40. The Balaban J connectivity index is 1.20. The summed E-state index contributed by atoms with van der Waals surface area (Å²) < 4.78 is 1.79. The van der Waals surface area contributed by atoms with Crippen molar-refractivity contribution >= 4 is 34.7 Å². The summed E-state index contributed by atoms with van der Waals surface area (Å²) in [7, 11) is 0. The van der Waals surface area contributed by atoms with Gasteiger partial charge in [-0.3, -0.25) is 14.2 Å². The summed E-state index contributed by atoms with van der Waals surface area (Å²) in [6.45, 7) is 0.376. The van der Waals surface area contributed by atoms with Crippen LogP contribution in [0, 0.1) is 5.92 Å². The fourth-order valence-electron chi connectivity index (χ4n) is 3.72. The molecule has 1 fully saturated rings. The second-order valence-corrected chi connectivity index (χ2v) is 7.66. The SMILES string of the molecule is O=C(Nc1ccc(Nc2cc(-n3ccnc3)ncn2)cc1)[C@H]1CC(=O)N(c2ccccc2)C1. The van der Waals surface area contributed by atoms with E-state index in [2.05, 4.69) is 25.6 Å². The molecule has 0 aliphatic carbocycles. The fourth-order valence-corrected chi connectivity index (χ4v) is 3.72. The molecule has 164 valence electrons. The van der Waals surface area contributed by atoms with Crippen molar-refractivity contribution in [1.29, 1.82) is 0 Å². The van der Waals surface area contributed by atoms with Crippen molar-refractivity contribution in [3.05, 3.63) is 85.7 Å². The van der Waals surface area contributed by atoms with E-state index in [1.165, 1.54) is 6.33 Å². The maximum atomic E-state index is 12.7. The van der Waals surface area contributed by atoms with Crippen molar-refractivity contribution in [3.63, 3.8) is 0 Å². The number of benzene rings is 2. The number of carbonyl (C=O) groups excluding carboxylic acids is 2. The number of amides is 2. The van der Waals surface area contributed by atoms with Gasteiger partial charge in [-0.05, 0) is 36.4 Å². The van der Waals surface area contributed by atoms with E-state index in [9.17, 15) is 9.59 Å². The fraction of sp³-hybridized carbons (Fsp3) is 0.125. The Morgan fingerprint density at radius 1 is 1.00 bits per heavy atom. The number of para-hydroxylation sites is 1. The average molecular weight is 439 g/mol. The highest BCUT2D eigenvalue weighted by Crippen LogP contribution is 2.26. The van der Waals surface area contributed by atoms with Crippen LogP contribution >= 0.6 is 0 Å². The lowest BCUT2D eigenvalue weighted by Crippen LogP contribution is -2.28. The number of carbonyl (C=O) groups is 2. The minimum absolute atomic E-state index is 0.0409. The molecule has 33 heavy (non-hydrogen) atoms. The second-order valence-electron chi connectivity index (χ2n) is 7.66. The van der Waals surface area contributed by atoms with Crippen LogP contribution in [0.2, 0.25) is 0 Å². The summed E-state index contributed by atoms with van der Waals surface area (Å²) in [6.07, 6.45) is 6.84. The first-order valence-electron chi connectivity index (χ1n) is 10.5. The third-order valence-corrected chi connectivity index (χ3v) is 5.41. The smallest absolute Gasteiger partial charge is 0.229 e. The molecule has 0 unspecified atom stereocenters. The van der Waals surface area contributed by atoms with Gasteiger partial charge < -0.3 is 15.5 Å². The van der Waals surface area contributed by atoms with E-state index in [1.54, 1.807) is 28.2 Å². The van der Waals surface area contributed by atoms with Crippen molar-refractivity contribution in [2.45, 2.75) is 6.42 Å². The van der Waals surface area contributed by atoms with Gasteiger partial charge in [-0.1, -0.05) is 18.2 Å². The third kappa shape index (κ3) is 4.57. The van der Waals surface area contributed by atoms with Gasteiger partial charge in [0.05, 0.1) is 5.92 Å². The van der Waals surface area contributed by atoms with E-state index in [1.807, 2.05) is 60.7 Å². The zero-order chi connectivity index (χ0) is 22.6. The van der Waals surface area contributed by atoms with Crippen molar-refractivity contribution in [2.24, 2.45) is 5.92 Å². The molecule has 0 radical (unpaired) electrons. The van der Waals surface area contributed by atoms with Gasteiger partial charge in [0.1, 0.15) is 24.3 Å². The normalized spacial score (nSPS) is 15.5. The van der Waals surface area contributed by atoms with Crippen LogP contribution < -0.4 is 15.5 Å². The zero-order valence-corrected chi connectivity index (χ0v) is 17.6. The van der Waals surface area contributed by atoms with Crippen molar-refractivity contribution < 1.29 is 9.59 Å². The number of rotatable bonds is 6. The monoisotopic (exact) mass is 439 g/mol. The number of imidazole rings is 1. The lowest BCUT2D eigenvalue weighted by Gasteiger charge is -2.16. The standard InChI is InChI=1S/C24H21N7O2/c32-23-12-17(14-31(23)20-4-2-1-3-5-20)24(33)29-19-8-6-18(7-9-19)28-21-13-22(27-15-26-21)30-11-10-25-16-30/h1-11,13,15-17H,12,14H2,(H,29,33)(H,26,27,28)/t17-/m0/s1. The van der Waals surface area contributed by atoms with Crippen molar-refractivity contribution in [2.75, 3.05) is 22.1 Å². The lowest BCUT2D eigenvalue weighted by atomic mass is 10.1. The molecule has 1 aliphatic heterocycles. The number of anilines is 4. The topological polar surface area (TPSA) is 105 Å². The van der Waals surface area contributed by atoms with Crippen LogP contribution in [0.25, 0.3) is 5.82 Å². The first-order valence-corrected chi connectivity index (χ1v) is 10.5. The Kier molecular flexibility index (Phi) is 5.50. The summed E-state index contributed by atoms with van der Waals surface area (Å²) in [6, 6.07) is 18.5. The second kappa shape index (κ2) is 8.91. The van der Waals surface area contributed by atoms with Gasteiger partial charge in [0.15, 0.2) is 0 Å². The van der Waals surface area contributed by atoms with Gasteiger partial charge in [-0.2, -0.15) is 0 Å². The minimum Gasteiger partial charge on any atom is -0.340 e. The maximum Gasteiger partial charge on any atom is 0.229 e. The van der Waals surface area contributed by atoms with Gasteiger partial charge in [-0.25, -0.2) is 15.0 Å². The van der Waals surface area contributed by atoms with E-state index >= 15 is 0 Å². The lowest BCUT2D eigenvalue weighted by molar-refractivity contribution is -0.122. The van der Waals surface area contributed by atoms with E-state index in [0.29, 0.717) is 23.9 Å². The molecule has 3 heterocycles. The van der Waals surface area contributed by atoms with Gasteiger partial charge >= 0.3 is 0 Å². The average Bonchev–Trinajstić information content (AvgIpc) is 3.51. The van der Waals surface area contributed by atoms with E-state index < -0.39 is 5.92 Å². The van der Waals surface area contributed by atoms with E-state index in [-0.39, 0.29) is 18.2 Å². The molecule has 1 saturated heterocycles. The minimum atomic E-state index is -0.391. The van der Waals surface area contributed by atoms with E-state index in [0.717, 1.165) is 11.4 Å². The molecule has 0 spiro atoms. The molecule has 2 amide bonds. The summed E-state index contributed by atoms with van der Waals surface area (Å²) in [5.41, 5.74) is 2.29. The molecule has 1 aliphatic rings. The van der Waals surface area contributed by atoms with Gasteiger partial charge in [0.2, 0.25) is 11.8 Å². The van der Waals surface area contributed by atoms with Crippen LogP contribution in [-0.4, -0.2) is 37.9 Å². The van der Waals surface area contributed by atoms with E-state index in [4.69, 9.17) is 0 Å². The number of hydrogen-bond donors (Lipinski definition) is 2. The number of hydrogen-bond acceptors (Lipinski definition) is 6. The highest BCUT2D eigenvalue weighted by atomic mass is 16.2. The molecule has 4 aromatic rings. The third-order valence-electron chi connectivity index (χ3n) is 5.41. The van der Waals surface area contributed by atoms with Crippen LogP contribution in [0.3, 0.4) is 0 Å². The molecule has 5 rings (SSSR count). The van der Waals surface area contributed by atoms with Crippen molar-refractivity contribution in [1.82, 2.24) is 19.5 Å². The molecule has 9 heteroatoms. The summed E-state index contributed by atoms with van der Waals surface area (Å²) in [5.74, 6) is 0.739. The predicted molar refractivity (Wildman–Crippen MR) is 124 cm³/mol. The Morgan fingerprint density at radius 3 is 2.55 bits per heavy atom. The largest absolute Gasteiger partial charge is 0.340 e. The van der Waals surface area contributed by atoms with Crippen LogP contribution in [0.4, 0.5) is 22.9 Å². The molecule has 2 N–H and O–H groups in total. The number of nitrogens with one attached hydrogen (secondary N) is 2. The Hall–Kier alpha value is -4.53. The quantitative estimate of drug-likeness (QED) is 0.477. The zero-order valence-electron chi connectivity index (χ0n) is 17.6. The molecular formula is C24H21N7O2. The first kappa shape index (κ1) is 20.4. The molecule has 2 aromatic heterocycles. The Morgan fingerprint density at radius 2 is 1.79 bits per heavy atom. The van der Waals surface area contributed by atoms with Gasteiger partial charge in [0.25, 0.3) is 0 Å². The number of nitrogens with zero attached hydrogens (tertiary/aromatic N) is 5. The highest BCUT2D eigenvalue weighted by Gasteiger charge is 2.35. The summed E-state index contributed by atoms with van der Waals surface area (Å²) in [5, 5.41) is 6.14. The maximum absolute atomic E-state index is 12.7. The molecule has 0 bridgehead atoms. The Labute approximate surface area is 190 Å². The van der Waals surface area contributed by atoms with Gasteiger partial charge in [-0.15, -0.1) is 0 Å². The number of aromatic nitrogens is 4. The summed E-state index contributed by atoms with van der Waals surface area (Å²) >= 11 is 0. The van der Waals surface area contributed by atoms with Crippen LogP contribution in [0.15, 0.2) is 85.7 Å². The first-order chi connectivity index (χ1) is 16.2. The van der Waals surface area contributed by atoms with Crippen LogP contribution in [0.5, 0.6) is 0 Å². The Bertz CT molecular complexity index is 1260. The molecule has 0 saturated carbocycles. The van der Waals surface area contributed by atoms with Gasteiger partial charge in [0, 0.05) is 48.5 Å².